The second-order valence-corrected chi connectivity index (χ2v) is 6.29. The molecule has 5 nitrogen and oxygen atoms in total. The lowest BCUT2D eigenvalue weighted by Crippen LogP contribution is -2.26. The minimum absolute atomic E-state index is 0.235. The van der Waals surface area contributed by atoms with Crippen LogP contribution in [-0.4, -0.2) is 19.9 Å². The molecule has 2 aromatic rings. The van der Waals surface area contributed by atoms with E-state index in [9.17, 15) is 8.42 Å². The number of aryl methyl sites for hydroxylation is 1. The zero-order chi connectivity index (χ0) is 14.6. The molecule has 1 heterocycles. The van der Waals surface area contributed by atoms with Gasteiger partial charge in [-0.3, -0.25) is 4.98 Å². The number of hydrogen-bond acceptors (Lipinski definition) is 4. The van der Waals surface area contributed by atoms with E-state index in [0.717, 1.165) is 11.1 Å². The van der Waals surface area contributed by atoms with E-state index < -0.39 is 10.0 Å². The second kappa shape index (κ2) is 6.02. The Morgan fingerprint density at radius 3 is 2.55 bits per heavy atom. The molecule has 0 aliphatic heterocycles. The molecule has 2 rings (SSSR count). The molecule has 0 spiro atoms. The van der Waals surface area contributed by atoms with E-state index in [1.807, 2.05) is 12.1 Å². The normalized spacial score (nSPS) is 11.4. The van der Waals surface area contributed by atoms with E-state index in [1.165, 1.54) is 6.07 Å². The van der Waals surface area contributed by atoms with Crippen LogP contribution < -0.4 is 10.5 Å². The first-order valence-electron chi connectivity index (χ1n) is 6.24. The van der Waals surface area contributed by atoms with Gasteiger partial charge in [-0.15, -0.1) is 0 Å². The molecule has 0 aliphatic rings. The van der Waals surface area contributed by atoms with Crippen LogP contribution in [0.1, 0.15) is 11.1 Å². The molecule has 0 saturated carbocycles. The van der Waals surface area contributed by atoms with Gasteiger partial charge in [-0.25, -0.2) is 13.1 Å². The Balaban J connectivity index is 2.02. The van der Waals surface area contributed by atoms with Gasteiger partial charge in [-0.2, -0.15) is 0 Å². The lowest BCUT2D eigenvalue weighted by atomic mass is 10.2. The van der Waals surface area contributed by atoms with Gasteiger partial charge in [0.2, 0.25) is 10.0 Å². The van der Waals surface area contributed by atoms with Crippen molar-refractivity contribution in [2.45, 2.75) is 18.2 Å². The number of nitrogen functional groups attached to an aromatic ring is 1. The van der Waals surface area contributed by atoms with E-state index in [1.54, 1.807) is 31.5 Å². The smallest absolute Gasteiger partial charge is 0.240 e. The first-order chi connectivity index (χ1) is 9.49. The Hall–Kier alpha value is -1.92. The highest BCUT2D eigenvalue weighted by Gasteiger charge is 2.13. The number of rotatable bonds is 5. The van der Waals surface area contributed by atoms with Gasteiger partial charge in [0, 0.05) is 24.6 Å². The summed E-state index contributed by atoms with van der Waals surface area (Å²) in [5.41, 5.74) is 8.06. The van der Waals surface area contributed by atoms with Crippen LogP contribution in [-0.2, 0) is 16.4 Å². The first kappa shape index (κ1) is 14.5. The first-order valence-corrected chi connectivity index (χ1v) is 7.72. The summed E-state index contributed by atoms with van der Waals surface area (Å²) >= 11 is 0. The molecular weight excluding hydrogens is 274 g/mol. The number of anilines is 1. The summed E-state index contributed by atoms with van der Waals surface area (Å²) in [6.07, 6.45) is 4.00. The molecule has 0 atom stereocenters. The standard InChI is InChI=1S/C14H17N3O2S/c1-11-10-13(2-3-14(11)15)20(18,19)17-9-6-12-4-7-16-8-5-12/h2-5,7-8,10,17H,6,9,15H2,1H3. The maximum absolute atomic E-state index is 12.1. The van der Waals surface area contributed by atoms with Crippen molar-refractivity contribution in [3.05, 3.63) is 53.9 Å². The monoisotopic (exact) mass is 291 g/mol. The summed E-state index contributed by atoms with van der Waals surface area (Å²) in [6, 6.07) is 8.41. The fourth-order valence-electron chi connectivity index (χ4n) is 1.78. The van der Waals surface area contributed by atoms with Gasteiger partial charge in [0.15, 0.2) is 0 Å². The van der Waals surface area contributed by atoms with E-state index in [-0.39, 0.29) is 4.90 Å². The molecule has 3 N–H and O–H groups in total. The maximum Gasteiger partial charge on any atom is 0.240 e. The van der Waals surface area contributed by atoms with Crippen molar-refractivity contribution in [3.63, 3.8) is 0 Å². The van der Waals surface area contributed by atoms with E-state index in [2.05, 4.69) is 9.71 Å². The predicted molar refractivity (Wildman–Crippen MR) is 78.7 cm³/mol. The molecule has 106 valence electrons. The third-order valence-electron chi connectivity index (χ3n) is 3.01. The van der Waals surface area contributed by atoms with Gasteiger partial charge in [0.1, 0.15) is 0 Å². The van der Waals surface area contributed by atoms with Gasteiger partial charge < -0.3 is 5.73 Å². The molecule has 6 heteroatoms. The molecule has 0 radical (unpaired) electrons. The van der Waals surface area contributed by atoms with Crippen LogP contribution in [0.4, 0.5) is 5.69 Å². The van der Waals surface area contributed by atoms with Crippen LogP contribution >= 0.6 is 0 Å². The summed E-state index contributed by atoms with van der Waals surface area (Å²) in [5.74, 6) is 0. The lowest BCUT2D eigenvalue weighted by molar-refractivity contribution is 0.581. The van der Waals surface area contributed by atoms with Gasteiger partial charge in [-0.05, 0) is 54.8 Å². The van der Waals surface area contributed by atoms with Crippen LogP contribution in [0, 0.1) is 6.92 Å². The largest absolute Gasteiger partial charge is 0.399 e. The van der Waals surface area contributed by atoms with Crippen molar-refractivity contribution in [2.75, 3.05) is 12.3 Å². The molecule has 0 unspecified atom stereocenters. The average Bonchev–Trinajstić information content (AvgIpc) is 2.43. The SMILES string of the molecule is Cc1cc(S(=O)(=O)NCCc2ccncc2)ccc1N. The lowest BCUT2D eigenvalue weighted by Gasteiger charge is -2.08. The minimum atomic E-state index is -3.49. The van der Waals surface area contributed by atoms with Crippen molar-refractivity contribution in [1.82, 2.24) is 9.71 Å². The highest BCUT2D eigenvalue weighted by molar-refractivity contribution is 7.89. The average molecular weight is 291 g/mol. The van der Waals surface area contributed by atoms with Crippen LogP contribution in [0.25, 0.3) is 0 Å². The predicted octanol–water partition coefficient (Wildman–Crippen LogP) is 1.49. The van der Waals surface area contributed by atoms with Crippen LogP contribution in [0.2, 0.25) is 0 Å². The highest BCUT2D eigenvalue weighted by atomic mass is 32.2. The van der Waals surface area contributed by atoms with Crippen molar-refractivity contribution < 1.29 is 8.42 Å². The van der Waals surface area contributed by atoms with Crippen LogP contribution in [0.5, 0.6) is 0 Å². The summed E-state index contributed by atoms with van der Waals surface area (Å²) in [7, 11) is -3.49. The van der Waals surface area contributed by atoms with Crippen molar-refractivity contribution >= 4 is 15.7 Å². The molecule has 20 heavy (non-hydrogen) atoms. The number of nitrogens with zero attached hydrogens (tertiary/aromatic N) is 1. The third-order valence-corrected chi connectivity index (χ3v) is 4.47. The van der Waals surface area contributed by atoms with Crippen LogP contribution in [0.15, 0.2) is 47.6 Å². The van der Waals surface area contributed by atoms with Crippen molar-refractivity contribution in [2.24, 2.45) is 0 Å². The molecule has 0 bridgehead atoms. The Kier molecular flexibility index (Phi) is 4.36. The van der Waals surface area contributed by atoms with E-state index in [4.69, 9.17) is 5.73 Å². The Morgan fingerprint density at radius 1 is 1.20 bits per heavy atom. The minimum Gasteiger partial charge on any atom is -0.399 e. The molecule has 1 aromatic heterocycles. The van der Waals surface area contributed by atoms with Crippen molar-refractivity contribution in [3.8, 4) is 0 Å². The number of aromatic nitrogens is 1. The molecule has 0 saturated heterocycles. The molecule has 0 amide bonds. The molecule has 0 fully saturated rings. The number of nitrogens with one attached hydrogen (secondary N) is 1. The number of pyridine rings is 1. The maximum atomic E-state index is 12.1. The molecule has 0 aliphatic carbocycles. The van der Waals surface area contributed by atoms with Gasteiger partial charge in [-0.1, -0.05) is 0 Å². The molecular formula is C14H17N3O2S. The second-order valence-electron chi connectivity index (χ2n) is 4.52. The Morgan fingerprint density at radius 2 is 1.90 bits per heavy atom. The number of nitrogens with two attached hydrogens (primary N) is 1. The van der Waals surface area contributed by atoms with Gasteiger partial charge in [0.25, 0.3) is 0 Å². The number of hydrogen-bond donors (Lipinski definition) is 2. The fraction of sp³-hybridized carbons (Fsp3) is 0.214. The van der Waals surface area contributed by atoms with E-state index >= 15 is 0 Å². The summed E-state index contributed by atoms with van der Waals surface area (Å²) in [5, 5.41) is 0. The number of benzene rings is 1. The Bertz CT molecular complexity index is 685. The zero-order valence-electron chi connectivity index (χ0n) is 11.2. The highest BCUT2D eigenvalue weighted by Crippen LogP contribution is 2.16. The summed E-state index contributed by atoms with van der Waals surface area (Å²) in [4.78, 5) is 4.15. The topological polar surface area (TPSA) is 85.1 Å². The molecule has 1 aromatic carbocycles. The fourth-order valence-corrected chi connectivity index (χ4v) is 2.89. The van der Waals surface area contributed by atoms with Crippen LogP contribution in [0.3, 0.4) is 0 Å². The van der Waals surface area contributed by atoms with Gasteiger partial charge in [0.05, 0.1) is 4.90 Å². The quantitative estimate of drug-likeness (QED) is 0.817. The number of sulfonamides is 1. The van der Waals surface area contributed by atoms with Crippen molar-refractivity contribution in [1.29, 1.82) is 0 Å². The Labute approximate surface area is 118 Å². The van der Waals surface area contributed by atoms with Gasteiger partial charge >= 0.3 is 0 Å². The summed E-state index contributed by atoms with van der Waals surface area (Å²) < 4.78 is 26.8. The third kappa shape index (κ3) is 3.55. The zero-order valence-corrected chi connectivity index (χ0v) is 12.0. The van der Waals surface area contributed by atoms with E-state index in [0.29, 0.717) is 18.7 Å². The summed E-state index contributed by atoms with van der Waals surface area (Å²) in [6.45, 7) is 2.13.